The van der Waals surface area contributed by atoms with Crippen LogP contribution in [0.15, 0.2) is 67.1 Å². The quantitative estimate of drug-likeness (QED) is 0.757. The average molecular weight is 325 g/mol. The van der Waals surface area contributed by atoms with E-state index in [4.69, 9.17) is 11.6 Å². The van der Waals surface area contributed by atoms with Gasteiger partial charge in [-0.15, -0.1) is 0 Å². The van der Waals surface area contributed by atoms with Gasteiger partial charge in [-0.2, -0.15) is 0 Å². The monoisotopic (exact) mass is 324 g/mol. The number of nitrogens with zero attached hydrogens (tertiary/aromatic N) is 2. The SMILES string of the molecule is O=C(Nc1ccc(Nc2ccc(Cl)cc2)nc1)c1cccnc1. The molecule has 114 valence electrons. The van der Waals surface area contributed by atoms with Crippen LogP contribution in [0.4, 0.5) is 17.2 Å². The summed E-state index contributed by atoms with van der Waals surface area (Å²) in [4.78, 5) is 20.2. The van der Waals surface area contributed by atoms with Gasteiger partial charge in [0.15, 0.2) is 0 Å². The largest absolute Gasteiger partial charge is 0.340 e. The molecule has 23 heavy (non-hydrogen) atoms. The number of carbonyl (C=O) groups excluding carboxylic acids is 1. The van der Waals surface area contributed by atoms with Crippen LogP contribution in [0.2, 0.25) is 5.02 Å². The molecule has 0 aliphatic heterocycles. The summed E-state index contributed by atoms with van der Waals surface area (Å²) in [5.41, 5.74) is 1.99. The van der Waals surface area contributed by atoms with E-state index in [2.05, 4.69) is 20.6 Å². The van der Waals surface area contributed by atoms with Crippen LogP contribution < -0.4 is 10.6 Å². The van der Waals surface area contributed by atoms with Gasteiger partial charge in [0.2, 0.25) is 0 Å². The molecule has 6 heteroatoms. The summed E-state index contributed by atoms with van der Waals surface area (Å²) in [6, 6.07) is 14.3. The molecule has 2 aromatic heterocycles. The lowest BCUT2D eigenvalue weighted by Gasteiger charge is -2.08. The Kier molecular flexibility index (Phi) is 4.49. The number of carbonyl (C=O) groups is 1. The lowest BCUT2D eigenvalue weighted by Crippen LogP contribution is -2.12. The second-order valence-corrected chi connectivity index (χ2v) is 5.20. The van der Waals surface area contributed by atoms with Gasteiger partial charge >= 0.3 is 0 Å². The molecule has 0 aliphatic rings. The van der Waals surface area contributed by atoms with Crippen molar-refractivity contribution in [2.75, 3.05) is 10.6 Å². The van der Waals surface area contributed by atoms with Crippen molar-refractivity contribution in [1.29, 1.82) is 0 Å². The maximum absolute atomic E-state index is 12.0. The Hall–Kier alpha value is -2.92. The third-order valence-corrected chi connectivity index (χ3v) is 3.31. The van der Waals surface area contributed by atoms with Gasteiger partial charge in [0.1, 0.15) is 5.82 Å². The van der Waals surface area contributed by atoms with Crippen LogP contribution in [-0.2, 0) is 0 Å². The first kappa shape index (κ1) is 15.0. The normalized spacial score (nSPS) is 10.1. The van der Waals surface area contributed by atoms with Crippen molar-refractivity contribution in [3.63, 3.8) is 0 Å². The maximum atomic E-state index is 12.0. The molecule has 0 fully saturated rings. The highest BCUT2D eigenvalue weighted by atomic mass is 35.5. The first-order valence-electron chi connectivity index (χ1n) is 6.91. The molecule has 0 saturated carbocycles. The lowest BCUT2D eigenvalue weighted by atomic mass is 10.2. The van der Waals surface area contributed by atoms with Gasteiger partial charge in [-0.3, -0.25) is 9.78 Å². The Labute approximate surface area is 138 Å². The summed E-state index contributed by atoms with van der Waals surface area (Å²) in [5.74, 6) is 0.449. The fraction of sp³-hybridized carbons (Fsp3) is 0. The molecule has 0 atom stereocenters. The minimum Gasteiger partial charge on any atom is -0.340 e. The maximum Gasteiger partial charge on any atom is 0.257 e. The molecule has 5 nitrogen and oxygen atoms in total. The molecule has 2 N–H and O–H groups in total. The number of aromatic nitrogens is 2. The highest BCUT2D eigenvalue weighted by Gasteiger charge is 2.06. The van der Waals surface area contributed by atoms with Crippen LogP contribution in [0.1, 0.15) is 10.4 Å². The van der Waals surface area contributed by atoms with Crippen molar-refractivity contribution in [1.82, 2.24) is 9.97 Å². The van der Waals surface area contributed by atoms with Crippen LogP contribution in [0.5, 0.6) is 0 Å². The van der Waals surface area contributed by atoms with Gasteiger partial charge in [0, 0.05) is 23.1 Å². The number of hydrogen-bond acceptors (Lipinski definition) is 4. The number of rotatable bonds is 4. The van der Waals surface area contributed by atoms with E-state index in [-0.39, 0.29) is 5.91 Å². The van der Waals surface area contributed by atoms with Crippen molar-refractivity contribution in [2.24, 2.45) is 0 Å². The molecule has 3 aromatic rings. The zero-order chi connectivity index (χ0) is 16.1. The second kappa shape index (κ2) is 6.89. The Morgan fingerprint density at radius 1 is 0.957 bits per heavy atom. The lowest BCUT2D eigenvalue weighted by molar-refractivity contribution is 0.102. The summed E-state index contributed by atoms with van der Waals surface area (Å²) in [5, 5.41) is 6.60. The van der Waals surface area contributed by atoms with Crippen LogP contribution in [0.25, 0.3) is 0 Å². The number of pyridine rings is 2. The summed E-state index contributed by atoms with van der Waals surface area (Å²) >= 11 is 5.85. The van der Waals surface area contributed by atoms with Crippen LogP contribution in [0.3, 0.4) is 0 Å². The van der Waals surface area contributed by atoms with Crippen LogP contribution in [0, 0.1) is 0 Å². The van der Waals surface area contributed by atoms with Crippen molar-refractivity contribution < 1.29 is 4.79 Å². The molecule has 1 amide bonds. The first-order chi connectivity index (χ1) is 11.2. The van der Waals surface area contributed by atoms with Gasteiger partial charge in [-0.25, -0.2) is 4.98 Å². The molecular weight excluding hydrogens is 312 g/mol. The zero-order valence-corrected chi connectivity index (χ0v) is 12.8. The minimum atomic E-state index is -0.224. The molecule has 0 bridgehead atoms. The molecule has 2 heterocycles. The van der Waals surface area contributed by atoms with E-state index in [9.17, 15) is 4.79 Å². The standard InChI is InChI=1S/C17H13ClN4O/c18-13-3-5-14(6-4-13)21-16-8-7-15(11-20-16)22-17(23)12-2-1-9-19-10-12/h1-11H,(H,20,21)(H,22,23). The van der Waals surface area contributed by atoms with Gasteiger partial charge in [0.05, 0.1) is 17.4 Å². The highest BCUT2D eigenvalue weighted by molar-refractivity contribution is 6.30. The average Bonchev–Trinajstić information content (AvgIpc) is 2.59. The topological polar surface area (TPSA) is 66.9 Å². The zero-order valence-electron chi connectivity index (χ0n) is 12.0. The Balaban J connectivity index is 1.65. The van der Waals surface area contributed by atoms with Crippen LogP contribution in [-0.4, -0.2) is 15.9 Å². The van der Waals surface area contributed by atoms with E-state index in [0.717, 1.165) is 5.69 Å². The number of hydrogen-bond donors (Lipinski definition) is 2. The molecule has 0 aliphatic carbocycles. The summed E-state index contributed by atoms with van der Waals surface area (Å²) in [7, 11) is 0. The predicted octanol–water partition coefficient (Wildman–Crippen LogP) is 4.13. The molecule has 0 unspecified atom stereocenters. The number of anilines is 3. The van der Waals surface area contributed by atoms with E-state index in [1.807, 2.05) is 12.1 Å². The van der Waals surface area contributed by atoms with E-state index in [1.54, 1.807) is 48.8 Å². The number of amides is 1. The minimum absolute atomic E-state index is 0.224. The van der Waals surface area contributed by atoms with E-state index in [0.29, 0.717) is 22.1 Å². The fourth-order valence-electron chi connectivity index (χ4n) is 1.92. The van der Waals surface area contributed by atoms with Gasteiger partial charge < -0.3 is 10.6 Å². The van der Waals surface area contributed by atoms with Crippen molar-refractivity contribution in [2.45, 2.75) is 0 Å². The van der Waals surface area contributed by atoms with Crippen molar-refractivity contribution in [3.05, 3.63) is 77.7 Å². The molecule has 0 saturated heterocycles. The van der Waals surface area contributed by atoms with Crippen molar-refractivity contribution in [3.8, 4) is 0 Å². The smallest absolute Gasteiger partial charge is 0.257 e. The van der Waals surface area contributed by atoms with Gasteiger partial charge in [0.25, 0.3) is 5.91 Å². The Bertz CT molecular complexity index is 789. The summed E-state index contributed by atoms with van der Waals surface area (Å²) in [6.45, 7) is 0. The van der Waals surface area contributed by atoms with Crippen LogP contribution >= 0.6 is 11.6 Å². The highest BCUT2D eigenvalue weighted by Crippen LogP contribution is 2.18. The number of benzene rings is 1. The number of nitrogens with one attached hydrogen (secondary N) is 2. The Morgan fingerprint density at radius 3 is 2.39 bits per heavy atom. The molecule has 0 spiro atoms. The molecular formula is C17H13ClN4O. The summed E-state index contributed by atoms with van der Waals surface area (Å²) in [6.07, 6.45) is 4.72. The van der Waals surface area contributed by atoms with E-state index in [1.165, 1.54) is 6.20 Å². The Morgan fingerprint density at radius 2 is 1.74 bits per heavy atom. The third kappa shape index (κ3) is 4.05. The molecule has 0 radical (unpaired) electrons. The second-order valence-electron chi connectivity index (χ2n) is 4.76. The number of halogens is 1. The van der Waals surface area contributed by atoms with E-state index >= 15 is 0 Å². The predicted molar refractivity (Wildman–Crippen MR) is 91.2 cm³/mol. The molecule has 1 aromatic carbocycles. The van der Waals surface area contributed by atoms with Crippen molar-refractivity contribution >= 4 is 34.7 Å². The third-order valence-electron chi connectivity index (χ3n) is 3.06. The first-order valence-corrected chi connectivity index (χ1v) is 7.28. The molecule has 3 rings (SSSR count). The van der Waals surface area contributed by atoms with E-state index < -0.39 is 0 Å². The fourth-order valence-corrected chi connectivity index (χ4v) is 2.05. The summed E-state index contributed by atoms with van der Waals surface area (Å²) < 4.78 is 0. The van der Waals surface area contributed by atoms with Gasteiger partial charge in [-0.05, 0) is 48.5 Å². The van der Waals surface area contributed by atoms with Gasteiger partial charge in [-0.1, -0.05) is 11.6 Å².